The first-order valence-electron chi connectivity index (χ1n) is 4.77. The van der Waals surface area contributed by atoms with Gasteiger partial charge in [0, 0.05) is 17.6 Å². The average molecular weight is 256 g/mol. The second-order valence-corrected chi connectivity index (χ2v) is 4.88. The van der Waals surface area contributed by atoms with Gasteiger partial charge in [-0.1, -0.05) is 28.1 Å². The zero-order valence-corrected chi connectivity index (χ0v) is 9.80. The van der Waals surface area contributed by atoms with Gasteiger partial charge in [-0.2, -0.15) is 0 Å². The van der Waals surface area contributed by atoms with Crippen LogP contribution in [0.1, 0.15) is 12.5 Å². The number of rotatable bonds is 3. The van der Waals surface area contributed by atoms with Gasteiger partial charge in [-0.25, -0.2) is 0 Å². The van der Waals surface area contributed by atoms with E-state index in [-0.39, 0.29) is 5.60 Å². The first-order chi connectivity index (χ1) is 6.68. The third-order valence-corrected chi connectivity index (χ3v) is 3.03. The van der Waals surface area contributed by atoms with E-state index in [4.69, 9.17) is 4.74 Å². The van der Waals surface area contributed by atoms with Crippen molar-refractivity contribution in [2.24, 2.45) is 0 Å². The van der Waals surface area contributed by atoms with E-state index < -0.39 is 0 Å². The maximum atomic E-state index is 5.81. The topological polar surface area (TPSA) is 21.3 Å². The highest BCUT2D eigenvalue weighted by molar-refractivity contribution is 9.10. The first-order valence-corrected chi connectivity index (χ1v) is 5.56. The summed E-state index contributed by atoms with van der Waals surface area (Å²) in [5.41, 5.74) is 1.27. The highest BCUT2D eigenvalue weighted by Crippen LogP contribution is 2.18. The highest BCUT2D eigenvalue weighted by atomic mass is 79.9. The average Bonchev–Trinajstić information content (AvgIpc) is 2.14. The standard InChI is InChI=1S/C11H14BrNO/c1-11(7-13-8-11)14-6-9-2-4-10(12)5-3-9/h2-5,13H,6-8H2,1H3. The van der Waals surface area contributed by atoms with Gasteiger partial charge in [-0.3, -0.25) is 0 Å². The number of halogens is 1. The van der Waals surface area contributed by atoms with Gasteiger partial charge in [-0.05, 0) is 24.6 Å². The van der Waals surface area contributed by atoms with Gasteiger partial charge >= 0.3 is 0 Å². The van der Waals surface area contributed by atoms with Gasteiger partial charge in [0.2, 0.25) is 0 Å². The van der Waals surface area contributed by atoms with Crippen molar-refractivity contribution in [3.05, 3.63) is 34.3 Å². The summed E-state index contributed by atoms with van der Waals surface area (Å²) in [4.78, 5) is 0. The van der Waals surface area contributed by atoms with Crippen molar-refractivity contribution < 1.29 is 4.74 Å². The molecule has 2 rings (SSSR count). The van der Waals surface area contributed by atoms with Crippen LogP contribution in [0.4, 0.5) is 0 Å². The number of hydrogen-bond donors (Lipinski definition) is 1. The normalized spacial score (nSPS) is 19.0. The molecule has 1 fully saturated rings. The summed E-state index contributed by atoms with van der Waals surface area (Å²) in [5, 5.41) is 3.21. The van der Waals surface area contributed by atoms with Crippen molar-refractivity contribution in [3.63, 3.8) is 0 Å². The van der Waals surface area contributed by atoms with E-state index in [1.54, 1.807) is 0 Å². The fourth-order valence-corrected chi connectivity index (χ4v) is 1.68. The molecule has 76 valence electrons. The predicted octanol–water partition coefficient (Wildman–Crippen LogP) is 2.33. The van der Waals surface area contributed by atoms with Crippen molar-refractivity contribution in [1.29, 1.82) is 0 Å². The first kappa shape index (κ1) is 10.1. The van der Waals surface area contributed by atoms with Gasteiger partial charge < -0.3 is 10.1 Å². The molecule has 1 aliphatic rings. The summed E-state index contributed by atoms with van der Waals surface area (Å²) >= 11 is 3.41. The van der Waals surface area contributed by atoms with Gasteiger partial charge in [0.1, 0.15) is 0 Å². The van der Waals surface area contributed by atoms with Crippen LogP contribution in [0.2, 0.25) is 0 Å². The summed E-state index contributed by atoms with van der Waals surface area (Å²) < 4.78 is 6.92. The van der Waals surface area contributed by atoms with Crippen LogP contribution in [0, 0.1) is 0 Å². The Morgan fingerprint density at radius 3 is 2.50 bits per heavy atom. The number of ether oxygens (including phenoxy) is 1. The molecule has 3 heteroatoms. The number of benzene rings is 1. The summed E-state index contributed by atoms with van der Waals surface area (Å²) in [6.07, 6.45) is 0. The molecule has 1 saturated heterocycles. The minimum Gasteiger partial charge on any atom is -0.368 e. The van der Waals surface area contributed by atoms with Gasteiger partial charge in [-0.15, -0.1) is 0 Å². The Morgan fingerprint density at radius 1 is 1.36 bits per heavy atom. The zero-order valence-electron chi connectivity index (χ0n) is 8.22. The van der Waals surface area contributed by atoms with Gasteiger partial charge in [0.05, 0.1) is 12.2 Å². The lowest BCUT2D eigenvalue weighted by molar-refractivity contribution is -0.0767. The predicted molar refractivity (Wildman–Crippen MR) is 60.2 cm³/mol. The van der Waals surface area contributed by atoms with E-state index in [2.05, 4.69) is 40.3 Å². The molecule has 1 heterocycles. The Morgan fingerprint density at radius 2 is 2.00 bits per heavy atom. The Kier molecular flexibility index (Phi) is 2.91. The third kappa shape index (κ3) is 2.35. The third-order valence-electron chi connectivity index (χ3n) is 2.50. The lowest BCUT2D eigenvalue weighted by atomic mass is 10.00. The van der Waals surface area contributed by atoms with E-state index in [0.717, 1.165) is 17.6 Å². The van der Waals surface area contributed by atoms with E-state index in [9.17, 15) is 0 Å². The maximum absolute atomic E-state index is 5.81. The molecule has 0 aliphatic carbocycles. The minimum absolute atomic E-state index is 0.0487. The van der Waals surface area contributed by atoms with E-state index in [0.29, 0.717) is 6.61 Å². The Bertz CT molecular complexity index is 306. The quantitative estimate of drug-likeness (QED) is 0.896. The lowest BCUT2D eigenvalue weighted by Gasteiger charge is -2.39. The summed E-state index contributed by atoms with van der Waals surface area (Å²) in [6.45, 7) is 4.76. The van der Waals surface area contributed by atoms with Crippen LogP contribution in [0.5, 0.6) is 0 Å². The molecule has 0 spiro atoms. The smallest absolute Gasteiger partial charge is 0.0906 e. The molecule has 0 saturated carbocycles. The molecule has 0 radical (unpaired) electrons. The molecule has 1 aromatic rings. The number of hydrogen-bond acceptors (Lipinski definition) is 2. The van der Waals surface area contributed by atoms with Crippen LogP contribution >= 0.6 is 15.9 Å². The molecule has 14 heavy (non-hydrogen) atoms. The van der Waals surface area contributed by atoms with Crippen LogP contribution in [0.25, 0.3) is 0 Å². The summed E-state index contributed by atoms with van der Waals surface area (Å²) in [6, 6.07) is 8.25. The molecular formula is C11H14BrNO. The molecule has 0 amide bonds. The second kappa shape index (κ2) is 4.01. The molecule has 1 aliphatic heterocycles. The maximum Gasteiger partial charge on any atom is 0.0906 e. The van der Waals surface area contributed by atoms with Crippen LogP contribution in [-0.4, -0.2) is 18.7 Å². The van der Waals surface area contributed by atoms with Gasteiger partial charge in [0.25, 0.3) is 0 Å². The minimum atomic E-state index is 0.0487. The van der Waals surface area contributed by atoms with Crippen molar-refractivity contribution in [1.82, 2.24) is 5.32 Å². The lowest BCUT2D eigenvalue weighted by Crippen LogP contribution is -2.58. The Hall–Kier alpha value is -0.380. The molecule has 0 aromatic heterocycles. The Balaban J connectivity index is 1.88. The Labute approximate surface area is 92.8 Å². The summed E-state index contributed by atoms with van der Waals surface area (Å²) in [7, 11) is 0. The summed E-state index contributed by atoms with van der Waals surface area (Å²) in [5.74, 6) is 0. The SMILES string of the molecule is CC1(OCc2ccc(Br)cc2)CNC1. The van der Waals surface area contributed by atoms with Crippen LogP contribution in [0.3, 0.4) is 0 Å². The molecule has 2 nitrogen and oxygen atoms in total. The zero-order chi connectivity index (χ0) is 10.0. The van der Waals surface area contributed by atoms with E-state index >= 15 is 0 Å². The molecule has 0 unspecified atom stereocenters. The van der Waals surface area contributed by atoms with Gasteiger partial charge in [0.15, 0.2) is 0 Å². The molecular weight excluding hydrogens is 242 g/mol. The fraction of sp³-hybridized carbons (Fsp3) is 0.455. The second-order valence-electron chi connectivity index (χ2n) is 3.97. The van der Waals surface area contributed by atoms with E-state index in [1.807, 2.05) is 12.1 Å². The van der Waals surface area contributed by atoms with Crippen LogP contribution in [0.15, 0.2) is 28.7 Å². The molecule has 1 aromatic carbocycles. The van der Waals surface area contributed by atoms with Crippen LogP contribution < -0.4 is 5.32 Å². The van der Waals surface area contributed by atoms with Crippen LogP contribution in [-0.2, 0) is 11.3 Å². The van der Waals surface area contributed by atoms with Crippen molar-refractivity contribution in [2.45, 2.75) is 19.1 Å². The largest absolute Gasteiger partial charge is 0.368 e. The van der Waals surface area contributed by atoms with Crippen molar-refractivity contribution in [2.75, 3.05) is 13.1 Å². The molecule has 1 N–H and O–H groups in total. The van der Waals surface area contributed by atoms with E-state index in [1.165, 1.54) is 5.56 Å². The molecule has 0 bridgehead atoms. The number of nitrogens with one attached hydrogen (secondary N) is 1. The fourth-order valence-electron chi connectivity index (χ4n) is 1.42. The van der Waals surface area contributed by atoms with Crippen molar-refractivity contribution in [3.8, 4) is 0 Å². The monoisotopic (exact) mass is 255 g/mol. The molecule has 0 atom stereocenters. The highest BCUT2D eigenvalue weighted by Gasteiger charge is 2.32. The van der Waals surface area contributed by atoms with Crippen molar-refractivity contribution >= 4 is 15.9 Å².